The molecule has 0 spiro atoms. The summed E-state index contributed by atoms with van der Waals surface area (Å²) in [5.74, 6) is 0.338. The predicted molar refractivity (Wildman–Crippen MR) is 84.1 cm³/mol. The summed E-state index contributed by atoms with van der Waals surface area (Å²) in [6.07, 6.45) is 7.88. The Morgan fingerprint density at radius 2 is 2.17 bits per heavy atom. The fourth-order valence-corrected chi connectivity index (χ4v) is 4.02. The van der Waals surface area contributed by atoms with Gasteiger partial charge in [0.25, 0.3) is 5.91 Å². The van der Waals surface area contributed by atoms with Gasteiger partial charge in [0.15, 0.2) is 5.65 Å². The lowest BCUT2D eigenvalue weighted by Crippen LogP contribution is -2.41. The highest BCUT2D eigenvalue weighted by Gasteiger charge is 2.40. The van der Waals surface area contributed by atoms with Gasteiger partial charge in [-0.05, 0) is 32.6 Å². The molecule has 0 aromatic carbocycles. The van der Waals surface area contributed by atoms with Crippen molar-refractivity contribution in [3.05, 3.63) is 29.7 Å². The van der Waals surface area contributed by atoms with Crippen molar-refractivity contribution in [1.82, 2.24) is 19.5 Å². The molecule has 1 amide bonds. The Kier molecular flexibility index (Phi) is 3.39. The standard InChI is InChI=1S/C17H20N4O2/c1-11-13(10-21-16(19-11)7-8-18-21)17(23)20-9-3-5-14(20)12-4-2-6-15(12)22/h7-8,10,12,14H,2-6,9H2,1H3. The van der Waals surface area contributed by atoms with Crippen LogP contribution in [0.2, 0.25) is 0 Å². The second-order valence-corrected chi connectivity index (χ2v) is 6.55. The minimum atomic E-state index is -0.0189. The highest BCUT2D eigenvalue weighted by Crippen LogP contribution is 2.34. The van der Waals surface area contributed by atoms with E-state index < -0.39 is 0 Å². The second-order valence-electron chi connectivity index (χ2n) is 6.55. The topological polar surface area (TPSA) is 67.6 Å². The fraction of sp³-hybridized carbons (Fsp3) is 0.529. The van der Waals surface area contributed by atoms with Gasteiger partial charge < -0.3 is 4.90 Å². The summed E-state index contributed by atoms with van der Waals surface area (Å²) in [5.41, 5.74) is 2.04. The Bertz CT molecular complexity index is 782. The van der Waals surface area contributed by atoms with Crippen molar-refractivity contribution in [3.63, 3.8) is 0 Å². The number of Topliss-reactive ketones (excluding diaryl/α,β-unsaturated/α-hetero) is 1. The Hall–Kier alpha value is -2.24. The number of aromatic nitrogens is 3. The van der Waals surface area contributed by atoms with Gasteiger partial charge in [0.1, 0.15) is 5.78 Å². The highest BCUT2D eigenvalue weighted by molar-refractivity contribution is 5.96. The monoisotopic (exact) mass is 312 g/mol. The lowest BCUT2D eigenvalue weighted by molar-refractivity contribution is -0.121. The van der Waals surface area contributed by atoms with Gasteiger partial charge in [0, 0.05) is 37.2 Å². The molecule has 2 aliphatic rings. The van der Waals surface area contributed by atoms with Gasteiger partial charge in [-0.1, -0.05) is 0 Å². The zero-order valence-electron chi connectivity index (χ0n) is 13.2. The van der Waals surface area contributed by atoms with E-state index in [2.05, 4.69) is 10.1 Å². The lowest BCUT2D eigenvalue weighted by atomic mass is 9.94. The Morgan fingerprint density at radius 1 is 1.30 bits per heavy atom. The first-order valence-corrected chi connectivity index (χ1v) is 8.30. The first kappa shape index (κ1) is 14.4. The number of fused-ring (bicyclic) bond motifs is 1. The number of ketones is 1. The third-order valence-corrected chi connectivity index (χ3v) is 5.18. The third-order valence-electron chi connectivity index (χ3n) is 5.18. The van der Waals surface area contributed by atoms with Crippen LogP contribution in [0.4, 0.5) is 0 Å². The van der Waals surface area contributed by atoms with Crippen molar-refractivity contribution in [1.29, 1.82) is 0 Å². The van der Waals surface area contributed by atoms with Gasteiger partial charge >= 0.3 is 0 Å². The van der Waals surface area contributed by atoms with Crippen LogP contribution in [0.25, 0.3) is 5.65 Å². The lowest BCUT2D eigenvalue weighted by Gasteiger charge is -2.29. The van der Waals surface area contributed by atoms with Crippen molar-refractivity contribution in [2.75, 3.05) is 6.54 Å². The zero-order chi connectivity index (χ0) is 16.0. The second kappa shape index (κ2) is 5.44. The van der Waals surface area contributed by atoms with E-state index in [1.54, 1.807) is 16.9 Å². The van der Waals surface area contributed by atoms with Crippen molar-refractivity contribution in [2.24, 2.45) is 5.92 Å². The Labute approximate surface area is 134 Å². The number of hydrogen-bond acceptors (Lipinski definition) is 4. The molecule has 1 aliphatic carbocycles. The molecule has 23 heavy (non-hydrogen) atoms. The molecule has 1 aliphatic heterocycles. The Morgan fingerprint density at radius 3 is 2.96 bits per heavy atom. The summed E-state index contributed by atoms with van der Waals surface area (Å²) < 4.78 is 1.63. The smallest absolute Gasteiger partial charge is 0.257 e. The molecule has 2 atom stereocenters. The molecule has 1 saturated heterocycles. The predicted octanol–water partition coefficient (Wildman–Crippen LogP) is 2.01. The molecule has 2 aromatic rings. The summed E-state index contributed by atoms with van der Waals surface area (Å²) in [6, 6.07) is 1.88. The van der Waals surface area contributed by atoms with Crippen molar-refractivity contribution >= 4 is 17.3 Å². The van der Waals surface area contributed by atoms with Gasteiger partial charge in [0.2, 0.25) is 0 Å². The van der Waals surface area contributed by atoms with Crippen LogP contribution in [0.5, 0.6) is 0 Å². The summed E-state index contributed by atoms with van der Waals surface area (Å²) in [6.45, 7) is 2.58. The number of carbonyl (C=O) groups is 2. The van der Waals surface area contributed by atoms with Crippen LogP contribution < -0.4 is 0 Å². The van der Waals surface area contributed by atoms with Crippen LogP contribution in [-0.2, 0) is 4.79 Å². The van der Waals surface area contributed by atoms with Crippen molar-refractivity contribution in [2.45, 2.75) is 45.1 Å². The van der Waals surface area contributed by atoms with Crippen LogP contribution in [0, 0.1) is 12.8 Å². The largest absolute Gasteiger partial charge is 0.335 e. The number of aryl methyl sites for hydroxylation is 1. The van der Waals surface area contributed by atoms with Gasteiger partial charge in [-0.2, -0.15) is 5.10 Å². The number of carbonyl (C=O) groups excluding carboxylic acids is 2. The maximum atomic E-state index is 13.0. The number of likely N-dealkylation sites (tertiary alicyclic amines) is 1. The minimum absolute atomic E-state index is 0.0189. The highest BCUT2D eigenvalue weighted by atomic mass is 16.2. The number of nitrogens with zero attached hydrogens (tertiary/aromatic N) is 4. The molecule has 120 valence electrons. The molecule has 4 rings (SSSR count). The molecule has 2 fully saturated rings. The van der Waals surface area contributed by atoms with Crippen LogP contribution in [0.15, 0.2) is 18.5 Å². The van der Waals surface area contributed by atoms with E-state index in [1.807, 2.05) is 17.9 Å². The van der Waals surface area contributed by atoms with Crippen molar-refractivity contribution in [3.8, 4) is 0 Å². The SMILES string of the molecule is Cc1nc2ccnn2cc1C(=O)N1CCCC1C1CCCC1=O. The molecule has 2 unspecified atom stereocenters. The maximum absolute atomic E-state index is 13.0. The fourth-order valence-electron chi connectivity index (χ4n) is 4.02. The van der Waals surface area contributed by atoms with Crippen LogP contribution in [0.1, 0.15) is 48.2 Å². The quantitative estimate of drug-likeness (QED) is 0.851. The molecule has 6 heteroatoms. The number of hydrogen-bond donors (Lipinski definition) is 0. The van der Waals surface area contributed by atoms with E-state index in [4.69, 9.17) is 0 Å². The molecule has 6 nitrogen and oxygen atoms in total. The summed E-state index contributed by atoms with van der Waals surface area (Å²) in [4.78, 5) is 31.5. The molecule has 0 N–H and O–H groups in total. The molecular formula is C17H20N4O2. The molecular weight excluding hydrogens is 292 g/mol. The summed E-state index contributed by atoms with van der Waals surface area (Å²) in [5, 5.41) is 4.17. The number of rotatable bonds is 2. The molecule has 2 aromatic heterocycles. The first-order chi connectivity index (χ1) is 11.1. The van der Waals surface area contributed by atoms with E-state index in [9.17, 15) is 9.59 Å². The van der Waals surface area contributed by atoms with Crippen LogP contribution in [-0.4, -0.2) is 43.8 Å². The summed E-state index contributed by atoms with van der Waals surface area (Å²) in [7, 11) is 0. The van der Waals surface area contributed by atoms with E-state index in [0.29, 0.717) is 23.5 Å². The average molecular weight is 312 g/mol. The number of amides is 1. The van der Waals surface area contributed by atoms with Gasteiger partial charge in [-0.25, -0.2) is 9.50 Å². The van der Waals surface area contributed by atoms with Gasteiger partial charge in [-0.15, -0.1) is 0 Å². The molecule has 0 bridgehead atoms. The zero-order valence-corrected chi connectivity index (χ0v) is 13.2. The van der Waals surface area contributed by atoms with E-state index in [-0.39, 0.29) is 17.9 Å². The van der Waals surface area contributed by atoms with Gasteiger partial charge in [-0.3, -0.25) is 9.59 Å². The van der Waals surface area contributed by atoms with E-state index >= 15 is 0 Å². The van der Waals surface area contributed by atoms with E-state index in [1.165, 1.54) is 0 Å². The van der Waals surface area contributed by atoms with Crippen molar-refractivity contribution < 1.29 is 9.59 Å². The first-order valence-electron chi connectivity index (χ1n) is 8.30. The minimum Gasteiger partial charge on any atom is -0.335 e. The Balaban J connectivity index is 1.66. The normalized spacial score (nSPS) is 24.7. The van der Waals surface area contributed by atoms with Gasteiger partial charge in [0.05, 0.1) is 17.5 Å². The average Bonchev–Trinajstić information content (AvgIpc) is 3.24. The third kappa shape index (κ3) is 2.33. The van der Waals surface area contributed by atoms with Crippen LogP contribution in [0.3, 0.4) is 0 Å². The molecule has 0 radical (unpaired) electrons. The molecule has 1 saturated carbocycles. The maximum Gasteiger partial charge on any atom is 0.257 e. The summed E-state index contributed by atoms with van der Waals surface area (Å²) >= 11 is 0. The van der Waals surface area contributed by atoms with Crippen LogP contribution >= 0.6 is 0 Å². The molecule has 3 heterocycles. The van der Waals surface area contributed by atoms with E-state index in [0.717, 1.165) is 37.9 Å².